The van der Waals surface area contributed by atoms with E-state index in [0.29, 0.717) is 6.04 Å². The van der Waals surface area contributed by atoms with Gasteiger partial charge in [-0.1, -0.05) is 31.5 Å². The monoisotopic (exact) mass is 373 g/mol. The topological polar surface area (TPSA) is 42.9 Å². The van der Waals surface area contributed by atoms with E-state index in [4.69, 9.17) is 4.99 Å². The van der Waals surface area contributed by atoms with Crippen molar-refractivity contribution >= 4 is 11.6 Å². The van der Waals surface area contributed by atoms with Crippen molar-refractivity contribution < 1.29 is 0 Å². The van der Waals surface area contributed by atoms with Gasteiger partial charge in [0.15, 0.2) is 5.96 Å². The maximum atomic E-state index is 4.79. The van der Waals surface area contributed by atoms with Crippen LogP contribution in [0.25, 0.3) is 0 Å². The molecule has 0 aromatic heterocycles. The predicted octanol–water partition coefficient (Wildman–Crippen LogP) is 3.25. The molecule has 2 N–H and O–H groups in total. The highest BCUT2D eigenvalue weighted by Gasteiger charge is 2.23. The lowest BCUT2D eigenvalue weighted by Crippen LogP contribution is -2.44. The molecular formula is C22H39N5. The predicted molar refractivity (Wildman–Crippen MR) is 118 cm³/mol. The van der Waals surface area contributed by atoms with Gasteiger partial charge >= 0.3 is 0 Å². The summed E-state index contributed by atoms with van der Waals surface area (Å²) in [6, 6.07) is 9.30. The van der Waals surface area contributed by atoms with Gasteiger partial charge in [-0.15, -0.1) is 0 Å². The Hall–Kier alpha value is -1.75. The number of unbranched alkanes of at least 4 members (excludes halogenated alkanes) is 1. The first kappa shape index (κ1) is 21.5. The first-order valence-corrected chi connectivity index (χ1v) is 10.7. The van der Waals surface area contributed by atoms with E-state index in [9.17, 15) is 0 Å². The molecule has 1 aliphatic heterocycles. The van der Waals surface area contributed by atoms with Gasteiger partial charge in [0, 0.05) is 37.9 Å². The van der Waals surface area contributed by atoms with Gasteiger partial charge < -0.3 is 20.4 Å². The van der Waals surface area contributed by atoms with Crippen molar-refractivity contribution in [1.29, 1.82) is 0 Å². The van der Waals surface area contributed by atoms with Gasteiger partial charge in [-0.2, -0.15) is 0 Å². The zero-order valence-electron chi connectivity index (χ0n) is 17.8. The molecule has 1 aliphatic rings. The molecule has 1 fully saturated rings. The van der Waals surface area contributed by atoms with Crippen molar-refractivity contribution in [3.63, 3.8) is 0 Å². The molecular weight excluding hydrogens is 334 g/mol. The molecule has 0 spiro atoms. The molecule has 0 saturated carbocycles. The van der Waals surface area contributed by atoms with Crippen molar-refractivity contribution in [1.82, 2.24) is 15.5 Å². The molecule has 2 rings (SSSR count). The molecule has 152 valence electrons. The van der Waals surface area contributed by atoms with Crippen LogP contribution in [0.1, 0.15) is 45.6 Å². The van der Waals surface area contributed by atoms with Crippen LogP contribution in [-0.2, 0) is 0 Å². The largest absolute Gasteiger partial charge is 0.369 e. The maximum absolute atomic E-state index is 4.79. The summed E-state index contributed by atoms with van der Waals surface area (Å²) in [7, 11) is 0. The van der Waals surface area contributed by atoms with Gasteiger partial charge in [-0.25, -0.2) is 0 Å². The number of nitrogens with one attached hydrogen (secondary N) is 2. The molecule has 1 aromatic rings. The summed E-state index contributed by atoms with van der Waals surface area (Å²) in [5, 5.41) is 7.04. The van der Waals surface area contributed by atoms with E-state index in [1.54, 1.807) is 0 Å². The molecule has 27 heavy (non-hydrogen) atoms. The lowest BCUT2D eigenvalue weighted by Gasteiger charge is -2.20. The zero-order valence-corrected chi connectivity index (χ0v) is 17.8. The molecule has 1 saturated heterocycles. The molecule has 1 heterocycles. The van der Waals surface area contributed by atoms with Crippen molar-refractivity contribution in [2.24, 2.45) is 4.99 Å². The fraction of sp³-hybridized carbons (Fsp3) is 0.682. The number of aliphatic imine (C=N–C) groups is 1. The van der Waals surface area contributed by atoms with Crippen LogP contribution in [0.5, 0.6) is 0 Å². The standard InChI is InChI=1S/C22H39N5/c1-5-23-22(24-15-8-9-16-26(6-2)7-3)25-20-14-17-27(18-20)21-12-10-19(4)11-13-21/h10-13,20H,5-9,14-18H2,1-4H3,(H2,23,24,25). The van der Waals surface area contributed by atoms with E-state index in [1.807, 2.05) is 0 Å². The SMILES string of the molecule is CCNC(=NCCCCN(CC)CC)NC1CCN(c2ccc(C)cc2)C1. The van der Waals surface area contributed by atoms with Crippen LogP contribution in [0.4, 0.5) is 5.69 Å². The maximum Gasteiger partial charge on any atom is 0.191 e. The van der Waals surface area contributed by atoms with Crippen LogP contribution >= 0.6 is 0 Å². The molecule has 0 radical (unpaired) electrons. The number of benzene rings is 1. The Bertz CT molecular complexity index is 550. The minimum absolute atomic E-state index is 0.458. The Balaban J connectivity index is 1.77. The third-order valence-electron chi connectivity index (χ3n) is 5.32. The fourth-order valence-electron chi connectivity index (χ4n) is 3.56. The normalized spacial score (nSPS) is 17.6. The van der Waals surface area contributed by atoms with Gasteiger partial charge in [-0.3, -0.25) is 4.99 Å². The highest BCUT2D eigenvalue weighted by molar-refractivity contribution is 5.80. The molecule has 5 heteroatoms. The average Bonchev–Trinajstić information content (AvgIpc) is 3.14. The fourth-order valence-corrected chi connectivity index (χ4v) is 3.56. The minimum Gasteiger partial charge on any atom is -0.369 e. The van der Waals surface area contributed by atoms with Crippen molar-refractivity contribution in [3.05, 3.63) is 29.8 Å². The number of anilines is 1. The highest BCUT2D eigenvalue weighted by Crippen LogP contribution is 2.20. The number of hydrogen-bond acceptors (Lipinski definition) is 3. The summed E-state index contributed by atoms with van der Waals surface area (Å²) in [6.45, 7) is 16.1. The first-order chi connectivity index (χ1) is 13.2. The van der Waals surface area contributed by atoms with Gasteiger partial charge in [0.1, 0.15) is 0 Å². The molecule has 1 atom stereocenters. The number of guanidine groups is 1. The van der Waals surface area contributed by atoms with E-state index in [1.165, 1.54) is 24.2 Å². The van der Waals surface area contributed by atoms with Gasteiger partial charge in [0.05, 0.1) is 0 Å². The van der Waals surface area contributed by atoms with Crippen LogP contribution in [0.15, 0.2) is 29.3 Å². The molecule has 0 bridgehead atoms. The second kappa shape index (κ2) is 11.9. The second-order valence-corrected chi connectivity index (χ2v) is 7.41. The van der Waals surface area contributed by atoms with Crippen molar-refractivity contribution in [2.45, 2.75) is 53.0 Å². The van der Waals surface area contributed by atoms with Gasteiger partial charge in [0.25, 0.3) is 0 Å². The summed E-state index contributed by atoms with van der Waals surface area (Å²) in [4.78, 5) is 9.73. The summed E-state index contributed by atoms with van der Waals surface area (Å²) < 4.78 is 0. The Morgan fingerprint density at radius 2 is 1.89 bits per heavy atom. The summed E-state index contributed by atoms with van der Waals surface area (Å²) in [5.41, 5.74) is 2.64. The number of nitrogens with zero attached hydrogens (tertiary/aromatic N) is 3. The Labute approximate surface area is 166 Å². The summed E-state index contributed by atoms with van der Waals surface area (Å²) >= 11 is 0. The number of hydrogen-bond donors (Lipinski definition) is 2. The van der Waals surface area contributed by atoms with Crippen LogP contribution in [0.2, 0.25) is 0 Å². The van der Waals surface area contributed by atoms with E-state index in [-0.39, 0.29) is 0 Å². The number of aryl methyl sites for hydroxylation is 1. The Morgan fingerprint density at radius 3 is 2.56 bits per heavy atom. The molecule has 0 amide bonds. The highest BCUT2D eigenvalue weighted by atomic mass is 15.2. The van der Waals surface area contributed by atoms with E-state index < -0.39 is 0 Å². The van der Waals surface area contributed by atoms with Crippen LogP contribution in [-0.4, -0.2) is 62.7 Å². The second-order valence-electron chi connectivity index (χ2n) is 7.41. The Morgan fingerprint density at radius 1 is 1.15 bits per heavy atom. The van der Waals surface area contributed by atoms with Crippen molar-refractivity contribution in [3.8, 4) is 0 Å². The summed E-state index contributed by atoms with van der Waals surface area (Å²) in [6.07, 6.45) is 3.52. The molecule has 1 aromatic carbocycles. The van der Waals surface area contributed by atoms with Gasteiger partial charge in [-0.05, 0) is 64.9 Å². The van der Waals surface area contributed by atoms with E-state index >= 15 is 0 Å². The van der Waals surface area contributed by atoms with E-state index in [0.717, 1.165) is 58.1 Å². The lowest BCUT2D eigenvalue weighted by atomic mass is 10.2. The minimum atomic E-state index is 0.458. The Kier molecular flexibility index (Phi) is 9.46. The van der Waals surface area contributed by atoms with E-state index in [2.05, 4.69) is 72.4 Å². The average molecular weight is 374 g/mol. The zero-order chi connectivity index (χ0) is 19.5. The number of rotatable bonds is 10. The summed E-state index contributed by atoms with van der Waals surface area (Å²) in [5.74, 6) is 0.969. The lowest BCUT2D eigenvalue weighted by molar-refractivity contribution is 0.297. The third kappa shape index (κ3) is 7.41. The van der Waals surface area contributed by atoms with Gasteiger partial charge in [0.2, 0.25) is 0 Å². The van der Waals surface area contributed by atoms with Crippen LogP contribution in [0.3, 0.4) is 0 Å². The molecule has 0 aliphatic carbocycles. The van der Waals surface area contributed by atoms with Crippen LogP contribution < -0.4 is 15.5 Å². The van der Waals surface area contributed by atoms with Crippen molar-refractivity contribution in [2.75, 3.05) is 50.7 Å². The molecule has 5 nitrogen and oxygen atoms in total. The van der Waals surface area contributed by atoms with Crippen LogP contribution in [0, 0.1) is 6.92 Å². The smallest absolute Gasteiger partial charge is 0.191 e. The molecule has 1 unspecified atom stereocenters. The quantitative estimate of drug-likeness (QED) is 0.375. The first-order valence-electron chi connectivity index (χ1n) is 10.7. The third-order valence-corrected chi connectivity index (χ3v) is 5.32.